The highest BCUT2D eigenvalue weighted by Gasteiger charge is 2.24. The molecule has 182 valence electrons. The summed E-state index contributed by atoms with van der Waals surface area (Å²) in [6, 6.07) is 9.82. The van der Waals surface area contributed by atoms with Gasteiger partial charge in [0.05, 0.1) is 28.7 Å². The minimum absolute atomic E-state index is 0.0211. The van der Waals surface area contributed by atoms with Gasteiger partial charge in [-0.1, -0.05) is 31.5 Å². The number of benzene rings is 2. The molecule has 0 radical (unpaired) electrons. The lowest BCUT2D eigenvalue weighted by atomic mass is 10.1. The third kappa shape index (κ3) is 6.85. The van der Waals surface area contributed by atoms with E-state index in [2.05, 4.69) is 0 Å². The smallest absolute Gasteiger partial charge is 0.255 e. The molecule has 33 heavy (non-hydrogen) atoms. The average molecular weight is 497 g/mol. The van der Waals surface area contributed by atoms with E-state index < -0.39 is 10.0 Å². The van der Waals surface area contributed by atoms with E-state index in [0.29, 0.717) is 37.8 Å². The van der Waals surface area contributed by atoms with Crippen LogP contribution in [0.2, 0.25) is 5.02 Å². The van der Waals surface area contributed by atoms with E-state index in [1.807, 2.05) is 39.0 Å². The molecule has 2 rings (SSSR count). The third-order valence-corrected chi connectivity index (χ3v) is 7.01. The first-order valence-electron chi connectivity index (χ1n) is 11.1. The van der Waals surface area contributed by atoms with E-state index in [1.165, 1.54) is 32.3 Å². The van der Waals surface area contributed by atoms with Gasteiger partial charge in [-0.25, -0.2) is 12.7 Å². The molecule has 7 nitrogen and oxygen atoms in total. The molecule has 0 fully saturated rings. The Morgan fingerprint density at radius 1 is 0.970 bits per heavy atom. The van der Waals surface area contributed by atoms with Gasteiger partial charge in [0.1, 0.15) is 0 Å². The summed E-state index contributed by atoms with van der Waals surface area (Å²) in [5.74, 6) is 0.965. The highest BCUT2D eigenvalue weighted by atomic mass is 35.5. The zero-order valence-electron chi connectivity index (χ0n) is 19.9. The van der Waals surface area contributed by atoms with Crippen molar-refractivity contribution in [1.82, 2.24) is 9.21 Å². The van der Waals surface area contributed by atoms with Gasteiger partial charge in [-0.2, -0.15) is 0 Å². The molecule has 1 amide bonds. The predicted octanol–water partition coefficient (Wildman–Crippen LogP) is 4.83. The maximum atomic E-state index is 13.4. The number of nitrogens with zero attached hydrogens (tertiary/aromatic N) is 2. The van der Waals surface area contributed by atoms with Gasteiger partial charge in [0, 0.05) is 27.2 Å². The molecule has 0 saturated heterocycles. The van der Waals surface area contributed by atoms with Crippen molar-refractivity contribution in [3.63, 3.8) is 0 Å². The SMILES string of the molecule is CCCOc1ccc(CN(CCC)C(=O)c2cc(S(=O)(=O)N(C)C)ccc2Cl)cc1OCC. The van der Waals surface area contributed by atoms with Gasteiger partial charge >= 0.3 is 0 Å². The monoisotopic (exact) mass is 496 g/mol. The van der Waals surface area contributed by atoms with E-state index in [0.717, 1.165) is 22.7 Å². The number of hydrogen-bond acceptors (Lipinski definition) is 5. The number of carbonyl (C=O) groups is 1. The minimum Gasteiger partial charge on any atom is -0.490 e. The fourth-order valence-corrected chi connectivity index (χ4v) is 4.33. The second kappa shape index (κ2) is 12.3. The Morgan fingerprint density at radius 2 is 1.70 bits per heavy atom. The number of hydrogen-bond donors (Lipinski definition) is 0. The molecule has 0 heterocycles. The lowest BCUT2D eigenvalue weighted by Gasteiger charge is -2.24. The van der Waals surface area contributed by atoms with Crippen LogP contribution in [0.5, 0.6) is 11.5 Å². The molecule has 0 aliphatic rings. The molecular formula is C24H33ClN2O5S. The molecule has 0 bridgehead atoms. The quantitative estimate of drug-likeness (QED) is 0.420. The Kier molecular flexibility index (Phi) is 10.0. The average Bonchev–Trinajstić information content (AvgIpc) is 2.78. The van der Waals surface area contributed by atoms with Gasteiger partial charge in [0.15, 0.2) is 11.5 Å². The Hall–Kier alpha value is -2.29. The van der Waals surface area contributed by atoms with Crippen molar-refractivity contribution >= 4 is 27.5 Å². The minimum atomic E-state index is -3.70. The van der Waals surface area contributed by atoms with Crippen LogP contribution in [-0.4, -0.2) is 57.4 Å². The Morgan fingerprint density at radius 3 is 2.30 bits per heavy atom. The molecule has 0 saturated carbocycles. The van der Waals surface area contributed by atoms with E-state index in [9.17, 15) is 13.2 Å². The molecule has 2 aromatic carbocycles. The Labute approximate surface area is 202 Å². The lowest BCUT2D eigenvalue weighted by Crippen LogP contribution is -2.32. The van der Waals surface area contributed by atoms with E-state index >= 15 is 0 Å². The first-order chi connectivity index (χ1) is 15.6. The number of amides is 1. The fourth-order valence-electron chi connectivity index (χ4n) is 3.20. The largest absolute Gasteiger partial charge is 0.490 e. The van der Waals surface area contributed by atoms with Gasteiger partial charge in [0.25, 0.3) is 5.91 Å². The number of halogens is 1. The molecule has 2 aromatic rings. The molecule has 0 aliphatic carbocycles. The third-order valence-electron chi connectivity index (χ3n) is 4.87. The first kappa shape index (κ1) is 27.0. The van der Waals surface area contributed by atoms with Crippen molar-refractivity contribution in [3.8, 4) is 11.5 Å². The summed E-state index contributed by atoms with van der Waals surface area (Å²) < 4.78 is 37.7. The normalized spacial score (nSPS) is 11.5. The second-order valence-corrected chi connectivity index (χ2v) is 10.3. The fraction of sp³-hybridized carbons (Fsp3) is 0.458. The van der Waals surface area contributed by atoms with E-state index in [4.69, 9.17) is 21.1 Å². The van der Waals surface area contributed by atoms with Crippen LogP contribution in [0.1, 0.15) is 49.5 Å². The van der Waals surface area contributed by atoms with Crippen molar-refractivity contribution in [3.05, 3.63) is 52.5 Å². The van der Waals surface area contributed by atoms with Crippen molar-refractivity contribution in [2.75, 3.05) is 33.9 Å². The molecule has 0 atom stereocenters. The molecule has 0 aromatic heterocycles. The predicted molar refractivity (Wildman–Crippen MR) is 131 cm³/mol. The molecule has 0 aliphatic heterocycles. The van der Waals surface area contributed by atoms with Gasteiger partial charge in [-0.3, -0.25) is 4.79 Å². The maximum absolute atomic E-state index is 13.4. The molecule has 0 spiro atoms. The summed E-state index contributed by atoms with van der Waals surface area (Å²) in [6.07, 6.45) is 1.62. The van der Waals surface area contributed by atoms with Crippen LogP contribution < -0.4 is 9.47 Å². The van der Waals surface area contributed by atoms with Crippen molar-refractivity contribution < 1.29 is 22.7 Å². The lowest BCUT2D eigenvalue weighted by molar-refractivity contribution is 0.0743. The summed E-state index contributed by atoms with van der Waals surface area (Å²) in [7, 11) is -0.811. The van der Waals surface area contributed by atoms with Crippen LogP contribution in [0.25, 0.3) is 0 Å². The highest BCUT2D eigenvalue weighted by Crippen LogP contribution is 2.30. The first-order valence-corrected chi connectivity index (χ1v) is 12.9. The summed E-state index contributed by atoms with van der Waals surface area (Å²) in [4.78, 5) is 15.1. The standard InChI is InChI=1S/C24H33ClN2O5S/c1-6-13-27(17-18-9-12-22(32-14-7-2)23(15-18)31-8-3)24(28)20-16-19(10-11-21(20)25)33(29,30)26(4)5/h9-12,15-16H,6-8,13-14,17H2,1-5H3. The van der Waals surface area contributed by atoms with E-state index in [1.54, 1.807) is 4.90 Å². The number of rotatable bonds is 12. The van der Waals surface area contributed by atoms with Gasteiger partial charge in [-0.05, 0) is 55.7 Å². The van der Waals surface area contributed by atoms with Crippen LogP contribution in [0.4, 0.5) is 0 Å². The van der Waals surface area contributed by atoms with Gasteiger partial charge in [0.2, 0.25) is 10.0 Å². The van der Waals surface area contributed by atoms with Crippen LogP contribution in [0, 0.1) is 0 Å². The summed E-state index contributed by atoms with van der Waals surface area (Å²) in [5, 5.41) is 0.206. The van der Waals surface area contributed by atoms with Crippen molar-refractivity contribution in [2.45, 2.75) is 45.1 Å². The zero-order valence-corrected chi connectivity index (χ0v) is 21.5. The molecule has 0 N–H and O–H groups in total. The van der Waals surface area contributed by atoms with Gasteiger partial charge in [-0.15, -0.1) is 0 Å². The summed E-state index contributed by atoms with van der Waals surface area (Å²) >= 11 is 6.31. The molecule has 0 unspecified atom stereocenters. The Balaban J connectivity index is 2.37. The van der Waals surface area contributed by atoms with Crippen molar-refractivity contribution in [1.29, 1.82) is 0 Å². The zero-order chi connectivity index (χ0) is 24.6. The van der Waals surface area contributed by atoms with Crippen LogP contribution in [0.15, 0.2) is 41.3 Å². The van der Waals surface area contributed by atoms with E-state index in [-0.39, 0.29) is 21.4 Å². The van der Waals surface area contributed by atoms with Crippen LogP contribution >= 0.6 is 11.6 Å². The number of sulfonamides is 1. The summed E-state index contributed by atoms with van der Waals surface area (Å²) in [5.41, 5.74) is 1.03. The van der Waals surface area contributed by atoms with Crippen LogP contribution in [0.3, 0.4) is 0 Å². The molecular weight excluding hydrogens is 464 g/mol. The Bertz CT molecular complexity index is 1060. The summed E-state index contributed by atoms with van der Waals surface area (Å²) in [6.45, 7) is 7.80. The number of ether oxygens (including phenoxy) is 2. The molecule has 9 heteroatoms. The number of carbonyl (C=O) groups excluding carboxylic acids is 1. The highest BCUT2D eigenvalue weighted by molar-refractivity contribution is 7.89. The topological polar surface area (TPSA) is 76.2 Å². The van der Waals surface area contributed by atoms with Crippen LogP contribution in [-0.2, 0) is 16.6 Å². The van der Waals surface area contributed by atoms with Gasteiger partial charge < -0.3 is 14.4 Å². The van der Waals surface area contributed by atoms with Crippen molar-refractivity contribution in [2.24, 2.45) is 0 Å². The maximum Gasteiger partial charge on any atom is 0.255 e. The second-order valence-electron chi connectivity index (χ2n) is 7.72.